The molecule has 7 nitrogen and oxygen atoms in total. The number of amides is 2. The van der Waals surface area contributed by atoms with Crippen LogP contribution in [0.2, 0.25) is 0 Å². The first-order valence-corrected chi connectivity index (χ1v) is 7.26. The summed E-state index contributed by atoms with van der Waals surface area (Å²) >= 11 is 0. The van der Waals surface area contributed by atoms with Crippen LogP contribution in [0.3, 0.4) is 0 Å². The first kappa shape index (κ1) is 17.7. The van der Waals surface area contributed by atoms with Gasteiger partial charge >= 0.3 is 12.0 Å². The van der Waals surface area contributed by atoms with Crippen molar-refractivity contribution >= 4 is 12.0 Å². The first-order chi connectivity index (χ1) is 9.67. The molecule has 0 aromatic heterocycles. The largest absolute Gasteiger partial charge is 0.481 e. The number of morpholine rings is 1. The first-order valence-electron chi connectivity index (χ1n) is 7.26. The van der Waals surface area contributed by atoms with Gasteiger partial charge in [-0.1, -0.05) is 0 Å². The van der Waals surface area contributed by atoms with Crippen molar-refractivity contribution in [3.63, 3.8) is 0 Å². The molecule has 0 atom stereocenters. The molecule has 0 aromatic carbocycles. The summed E-state index contributed by atoms with van der Waals surface area (Å²) in [5.74, 6) is -0.943. The van der Waals surface area contributed by atoms with Gasteiger partial charge < -0.3 is 20.5 Å². The minimum atomic E-state index is -1.06. The molecule has 2 amide bonds. The average Bonchev–Trinajstić information content (AvgIpc) is 2.38. The molecule has 21 heavy (non-hydrogen) atoms. The van der Waals surface area contributed by atoms with Gasteiger partial charge in [0.25, 0.3) is 0 Å². The molecule has 122 valence electrons. The van der Waals surface area contributed by atoms with Gasteiger partial charge in [-0.3, -0.25) is 9.69 Å². The van der Waals surface area contributed by atoms with Crippen molar-refractivity contribution < 1.29 is 19.4 Å². The molecule has 1 aliphatic rings. The van der Waals surface area contributed by atoms with Crippen LogP contribution in [-0.2, 0) is 9.53 Å². The minimum Gasteiger partial charge on any atom is -0.481 e. The number of rotatable bonds is 6. The lowest BCUT2D eigenvalue weighted by atomic mass is 9.74. The van der Waals surface area contributed by atoms with Crippen molar-refractivity contribution in [2.75, 3.05) is 39.4 Å². The number of carbonyl (C=O) groups is 2. The Morgan fingerprint density at radius 2 is 1.76 bits per heavy atom. The lowest BCUT2D eigenvalue weighted by molar-refractivity contribution is -0.150. The highest BCUT2D eigenvalue weighted by Gasteiger charge is 2.44. The van der Waals surface area contributed by atoms with E-state index in [9.17, 15) is 14.7 Å². The number of aliphatic carboxylic acids is 1. The zero-order chi connectivity index (χ0) is 16.1. The van der Waals surface area contributed by atoms with E-state index in [0.29, 0.717) is 6.54 Å². The molecule has 0 spiro atoms. The Labute approximate surface area is 126 Å². The van der Waals surface area contributed by atoms with Crippen LogP contribution in [-0.4, -0.2) is 66.9 Å². The van der Waals surface area contributed by atoms with Gasteiger partial charge in [0.15, 0.2) is 0 Å². The monoisotopic (exact) mass is 301 g/mol. The van der Waals surface area contributed by atoms with E-state index in [0.717, 1.165) is 32.8 Å². The summed E-state index contributed by atoms with van der Waals surface area (Å²) < 4.78 is 5.26. The van der Waals surface area contributed by atoms with E-state index < -0.39 is 16.9 Å². The number of hydrogen-bond acceptors (Lipinski definition) is 4. The van der Waals surface area contributed by atoms with E-state index in [1.54, 1.807) is 27.7 Å². The van der Waals surface area contributed by atoms with Crippen LogP contribution in [0.1, 0.15) is 27.7 Å². The van der Waals surface area contributed by atoms with Gasteiger partial charge in [-0.2, -0.15) is 0 Å². The number of nitrogens with one attached hydrogen (secondary N) is 2. The molecule has 0 aromatic rings. The maximum Gasteiger partial charge on any atom is 0.315 e. The smallest absolute Gasteiger partial charge is 0.315 e. The summed E-state index contributed by atoms with van der Waals surface area (Å²) in [6, 6.07) is -0.345. The number of carboxylic acid groups (broad SMARTS) is 1. The lowest BCUT2D eigenvalue weighted by Gasteiger charge is -2.38. The number of hydrogen-bond donors (Lipinski definition) is 3. The second kappa shape index (κ2) is 7.09. The van der Waals surface area contributed by atoms with E-state index in [1.165, 1.54) is 0 Å². The summed E-state index contributed by atoms with van der Waals surface area (Å²) in [7, 11) is 0. The molecule has 1 aliphatic heterocycles. The summed E-state index contributed by atoms with van der Waals surface area (Å²) in [4.78, 5) is 25.4. The summed E-state index contributed by atoms with van der Waals surface area (Å²) in [6.45, 7) is 11.1. The van der Waals surface area contributed by atoms with Crippen molar-refractivity contribution in [3.8, 4) is 0 Å². The predicted octanol–water partition coefficient (Wildman–Crippen LogP) is 0.507. The highest BCUT2D eigenvalue weighted by molar-refractivity contribution is 5.79. The van der Waals surface area contributed by atoms with Crippen LogP contribution in [0.25, 0.3) is 0 Å². The van der Waals surface area contributed by atoms with Crippen molar-refractivity contribution in [3.05, 3.63) is 0 Å². The van der Waals surface area contributed by atoms with Gasteiger partial charge in [0.05, 0.1) is 24.2 Å². The Morgan fingerprint density at radius 1 is 1.19 bits per heavy atom. The molecule has 1 saturated heterocycles. The second-order valence-electron chi connectivity index (χ2n) is 6.39. The topological polar surface area (TPSA) is 90.9 Å². The van der Waals surface area contributed by atoms with E-state index in [2.05, 4.69) is 15.5 Å². The maximum atomic E-state index is 11.9. The Bertz CT molecular complexity index is 376. The Balaban J connectivity index is 2.37. The van der Waals surface area contributed by atoms with E-state index in [-0.39, 0.29) is 6.03 Å². The van der Waals surface area contributed by atoms with Crippen molar-refractivity contribution in [1.82, 2.24) is 15.5 Å². The van der Waals surface area contributed by atoms with Gasteiger partial charge in [-0.25, -0.2) is 4.79 Å². The SMILES string of the molecule is CC(C)(NC(=O)NCCN1CCOCC1)C(C)(C)C(=O)O. The van der Waals surface area contributed by atoms with Crippen LogP contribution in [0.4, 0.5) is 4.79 Å². The fraction of sp³-hybridized carbons (Fsp3) is 0.857. The average molecular weight is 301 g/mol. The highest BCUT2D eigenvalue weighted by atomic mass is 16.5. The van der Waals surface area contributed by atoms with Crippen LogP contribution in [0, 0.1) is 5.41 Å². The second-order valence-corrected chi connectivity index (χ2v) is 6.39. The lowest BCUT2D eigenvalue weighted by Crippen LogP contribution is -2.59. The number of ether oxygens (including phenoxy) is 1. The summed E-state index contributed by atoms with van der Waals surface area (Å²) in [5.41, 5.74) is -1.92. The van der Waals surface area contributed by atoms with Crippen molar-refractivity contribution in [2.45, 2.75) is 33.2 Å². The number of nitrogens with zero attached hydrogens (tertiary/aromatic N) is 1. The van der Waals surface area contributed by atoms with Gasteiger partial charge in [-0.15, -0.1) is 0 Å². The van der Waals surface area contributed by atoms with Gasteiger partial charge in [0.2, 0.25) is 0 Å². The fourth-order valence-electron chi connectivity index (χ4n) is 1.90. The molecule has 1 fully saturated rings. The minimum absolute atomic E-state index is 0.345. The fourth-order valence-corrected chi connectivity index (χ4v) is 1.90. The Kier molecular flexibility index (Phi) is 5.98. The molecule has 7 heteroatoms. The maximum absolute atomic E-state index is 11.9. The zero-order valence-corrected chi connectivity index (χ0v) is 13.4. The quantitative estimate of drug-likeness (QED) is 0.665. The molecular weight excluding hydrogens is 274 g/mol. The number of carboxylic acids is 1. The van der Waals surface area contributed by atoms with Crippen LogP contribution < -0.4 is 10.6 Å². The van der Waals surface area contributed by atoms with Gasteiger partial charge in [0.1, 0.15) is 0 Å². The third-order valence-corrected chi connectivity index (χ3v) is 4.34. The molecule has 0 unspecified atom stereocenters. The third-order valence-electron chi connectivity index (χ3n) is 4.34. The van der Waals surface area contributed by atoms with E-state index in [4.69, 9.17) is 4.74 Å². The van der Waals surface area contributed by atoms with Crippen molar-refractivity contribution in [1.29, 1.82) is 0 Å². The molecule has 0 radical (unpaired) electrons. The zero-order valence-electron chi connectivity index (χ0n) is 13.4. The molecule has 0 bridgehead atoms. The molecular formula is C14H27N3O4. The Morgan fingerprint density at radius 3 is 2.29 bits per heavy atom. The van der Waals surface area contributed by atoms with Gasteiger partial charge in [-0.05, 0) is 27.7 Å². The number of carbonyl (C=O) groups excluding carboxylic acids is 1. The van der Waals surface area contributed by atoms with E-state index >= 15 is 0 Å². The summed E-state index contributed by atoms with van der Waals surface area (Å²) in [6.07, 6.45) is 0. The molecule has 0 saturated carbocycles. The standard InChI is InChI=1S/C14H27N3O4/c1-13(2,11(18)19)14(3,4)16-12(20)15-5-6-17-7-9-21-10-8-17/h5-10H2,1-4H3,(H,18,19)(H2,15,16,20). The molecule has 1 heterocycles. The van der Waals surface area contributed by atoms with Crippen molar-refractivity contribution in [2.24, 2.45) is 5.41 Å². The molecule has 1 rings (SSSR count). The van der Waals surface area contributed by atoms with Gasteiger partial charge in [0, 0.05) is 26.2 Å². The van der Waals surface area contributed by atoms with Crippen LogP contribution >= 0.6 is 0 Å². The molecule has 0 aliphatic carbocycles. The van der Waals surface area contributed by atoms with Crippen LogP contribution in [0.5, 0.6) is 0 Å². The summed E-state index contributed by atoms with van der Waals surface area (Å²) in [5, 5.41) is 14.8. The Hall–Kier alpha value is -1.34. The molecule has 3 N–H and O–H groups in total. The third kappa shape index (κ3) is 4.86. The van der Waals surface area contributed by atoms with Crippen LogP contribution in [0.15, 0.2) is 0 Å². The normalized spacial score (nSPS) is 17.3. The predicted molar refractivity (Wildman–Crippen MR) is 79.3 cm³/mol. The highest BCUT2D eigenvalue weighted by Crippen LogP contribution is 2.30. The number of urea groups is 1. The van der Waals surface area contributed by atoms with E-state index in [1.807, 2.05) is 0 Å².